The molecule has 1 aromatic heterocycles. The van der Waals surface area contributed by atoms with Crippen molar-refractivity contribution in [3.8, 4) is 0 Å². The minimum atomic E-state index is -0.999. The number of rotatable bonds is 2. The Morgan fingerprint density at radius 3 is 2.89 bits per heavy atom. The zero-order valence-electron chi connectivity index (χ0n) is 9.82. The van der Waals surface area contributed by atoms with Gasteiger partial charge in [0.2, 0.25) is 5.28 Å². The lowest BCUT2D eigenvalue weighted by molar-refractivity contribution is 0.0903. The minimum Gasteiger partial charge on any atom is -0.381 e. The molecule has 1 saturated heterocycles. The van der Waals surface area contributed by atoms with Gasteiger partial charge in [0, 0.05) is 31.4 Å². The van der Waals surface area contributed by atoms with E-state index in [-0.39, 0.29) is 5.28 Å². The highest BCUT2D eigenvalue weighted by molar-refractivity contribution is 7.85. The maximum atomic E-state index is 12.0. The van der Waals surface area contributed by atoms with E-state index >= 15 is 0 Å². The Labute approximate surface area is 113 Å². The molecule has 1 N–H and O–H groups in total. The summed E-state index contributed by atoms with van der Waals surface area (Å²) in [6.45, 7) is 1.50. The molecule has 1 fully saturated rings. The summed E-state index contributed by atoms with van der Waals surface area (Å²) in [6, 6.07) is 0.311. The van der Waals surface area contributed by atoms with Crippen molar-refractivity contribution in [1.82, 2.24) is 9.97 Å². The van der Waals surface area contributed by atoms with Crippen LogP contribution in [0.2, 0.25) is 5.28 Å². The number of aryl methyl sites for hydroxylation is 1. The number of ether oxygens (including phenoxy) is 1. The SMILES string of the molecule is O=[S@@]1CCc2nc(Cl)nc(NC3CCOCC3)c21. The van der Waals surface area contributed by atoms with E-state index in [4.69, 9.17) is 16.3 Å². The maximum absolute atomic E-state index is 12.0. The van der Waals surface area contributed by atoms with E-state index in [1.54, 1.807) is 0 Å². The molecule has 0 aromatic carbocycles. The van der Waals surface area contributed by atoms with Gasteiger partial charge in [-0.1, -0.05) is 0 Å². The van der Waals surface area contributed by atoms with E-state index in [2.05, 4.69) is 15.3 Å². The largest absolute Gasteiger partial charge is 0.381 e. The predicted molar refractivity (Wildman–Crippen MR) is 69.5 cm³/mol. The Balaban J connectivity index is 1.89. The number of halogens is 1. The first-order valence-corrected chi connectivity index (χ1v) is 7.73. The molecule has 0 aliphatic carbocycles. The molecule has 98 valence electrons. The lowest BCUT2D eigenvalue weighted by atomic mass is 10.1. The predicted octanol–water partition coefficient (Wildman–Crippen LogP) is 1.38. The first-order valence-electron chi connectivity index (χ1n) is 6.03. The Bertz CT molecular complexity index is 491. The van der Waals surface area contributed by atoms with Crippen LogP contribution in [-0.4, -0.2) is 39.2 Å². The van der Waals surface area contributed by atoms with Gasteiger partial charge in [-0.25, -0.2) is 4.98 Å². The monoisotopic (exact) mass is 287 g/mol. The quantitative estimate of drug-likeness (QED) is 0.833. The molecule has 18 heavy (non-hydrogen) atoms. The molecule has 7 heteroatoms. The van der Waals surface area contributed by atoms with Crippen LogP contribution in [0.15, 0.2) is 4.90 Å². The van der Waals surface area contributed by atoms with Crippen molar-refractivity contribution in [2.45, 2.75) is 30.2 Å². The van der Waals surface area contributed by atoms with Gasteiger partial charge >= 0.3 is 0 Å². The van der Waals surface area contributed by atoms with Crippen LogP contribution in [0.4, 0.5) is 5.82 Å². The molecular weight excluding hydrogens is 274 g/mol. The highest BCUT2D eigenvalue weighted by Gasteiger charge is 2.27. The fourth-order valence-electron chi connectivity index (χ4n) is 2.30. The number of hydrogen-bond acceptors (Lipinski definition) is 5. The van der Waals surface area contributed by atoms with Gasteiger partial charge in [-0.15, -0.1) is 0 Å². The molecule has 0 saturated carbocycles. The topological polar surface area (TPSA) is 64.1 Å². The average Bonchev–Trinajstić information content (AvgIpc) is 2.72. The molecular formula is C11H14ClN3O2S. The van der Waals surface area contributed by atoms with E-state index in [0.29, 0.717) is 24.0 Å². The molecule has 2 aliphatic rings. The zero-order valence-corrected chi connectivity index (χ0v) is 11.4. The molecule has 0 radical (unpaired) electrons. The fraction of sp³-hybridized carbons (Fsp3) is 0.636. The Morgan fingerprint density at radius 2 is 2.11 bits per heavy atom. The minimum absolute atomic E-state index is 0.224. The molecule has 0 unspecified atom stereocenters. The molecule has 3 heterocycles. The number of anilines is 1. The summed E-state index contributed by atoms with van der Waals surface area (Å²) in [6.07, 6.45) is 2.58. The molecule has 1 atom stereocenters. The van der Waals surface area contributed by atoms with Crippen molar-refractivity contribution >= 4 is 28.2 Å². The summed E-state index contributed by atoms with van der Waals surface area (Å²) in [7, 11) is -0.999. The van der Waals surface area contributed by atoms with Crippen LogP contribution in [0.1, 0.15) is 18.5 Å². The first kappa shape index (κ1) is 12.3. The third-order valence-corrected chi connectivity index (χ3v) is 4.85. The molecule has 0 bridgehead atoms. The number of nitrogens with zero attached hydrogens (tertiary/aromatic N) is 2. The lowest BCUT2D eigenvalue weighted by Gasteiger charge is -2.24. The van der Waals surface area contributed by atoms with Gasteiger partial charge in [-0.2, -0.15) is 4.98 Å². The standard InChI is InChI=1S/C11H14ClN3O2S/c12-11-14-8-3-6-18(16)9(8)10(15-11)13-7-1-4-17-5-2-7/h7H,1-6H2,(H,13,14,15)/t18-/m1/s1. The van der Waals surface area contributed by atoms with E-state index < -0.39 is 10.8 Å². The highest BCUT2D eigenvalue weighted by Crippen LogP contribution is 2.29. The summed E-state index contributed by atoms with van der Waals surface area (Å²) in [5.74, 6) is 1.26. The molecule has 5 nitrogen and oxygen atoms in total. The number of fused-ring (bicyclic) bond motifs is 1. The Hall–Kier alpha value is -0.720. The van der Waals surface area contributed by atoms with Crippen LogP contribution in [-0.2, 0) is 22.0 Å². The van der Waals surface area contributed by atoms with Gasteiger partial charge in [-0.05, 0) is 24.4 Å². The summed E-state index contributed by atoms with van der Waals surface area (Å²) in [5.41, 5.74) is 0.822. The van der Waals surface area contributed by atoms with Crippen LogP contribution in [0, 0.1) is 0 Å². The van der Waals surface area contributed by atoms with Gasteiger partial charge in [0.15, 0.2) is 0 Å². The van der Waals surface area contributed by atoms with E-state index in [1.807, 2.05) is 0 Å². The second-order valence-corrected chi connectivity index (χ2v) is 6.29. The maximum Gasteiger partial charge on any atom is 0.224 e. The van der Waals surface area contributed by atoms with Crippen LogP contribution >= 0.6 is 11.6 Å². The van der Waals surface area contributed by atoms with Crippen molar-refractivity contribution in [1.29, 1.82) is 0 Å². The van der Waals surface area contributed by atoms with Gasteiger partial charge in [-0.3, -0.25) is 4.21 Å². The third kappa shape index (κ3) is 2.37. The molecule has 0 spiro atoms. The number of aromatic nitrogens is 2. The van der Waals surface area contributed by atoms with Gasteiger partial charge in [0.25, 0.3) is 0 Å². The molecule has 0 amide bonds. The van der Waals surface area contributed by atoms with Crippen LogP contribution in [0.25, 0.3) is 0 Å². The second kappa shape index (κ2) is 5.11. The highest BCUT2D eigenvalue weighted by atomic mass is 35.5. The summed E-state index contributed by atoms with van der Waals surface area (Å²) >= 11 is 5.91. The van der Waals surface area contributed by atoms with E-state index in [1.165, 1.54) is 0 Å². The lowest BCUT2D eigenvalue weighted by Crippen LogP contribution is -2.28. The number of hydrogen-bond donors (Lipinski definition) is 1. The Morgan fingerprint density at radius 1 is 1.33 bits per heavy atom. The van der Waals surface area contributed by atoms with Crippen molar-refractivity contribution < 1.29 is 8.95 Å². The third-order valence-electron chi connectivity index (χ3n) is 3.22. The van der Waals surface area contributed by atoms with Crippen molar-refractivity contribution in [2.75, 3.05) is 24.3 Å². The molecule has 1 aromatic rings. The van der Waals surface area contributed by atoms with Crippen molar-refractivity contribution in [3.05, 3.63) is 11.0 Å². The zero-order chi connectivity index (χ0) is 12.5. The van der Waals surface area contributed by atoms with Crippen molar-refractivity contribution in [3.63, 3.8) is 0 Å². The van der Waals surface area contributed by atoms with E-state index in [0.717, 1.165) is 36.6 Å². The summed E-state index contributed by atoms with van der Waals surface area (Å²) < 4.78 is 17.3. The number of nitrogens with one attached hydrogen (secondary N) is 1. The van der Waals surface area contributed by atoms with Gasteiger partial charge in [0.05, 0.1) is 16.5 Å². The summed E-state index contributed by atoms with van der Waals surface area (Å²) in [4.78, 5) is 9.09. The molecule has 2 aliphatic heterocycles. The van der Waals surface area contributed by atoms with Gasteiger partial charge < -0.3 is 10.1 Å². The van der Waals surface area contributed by atoms with Crippen LogP contribution in [0.5, 0.6) is 0 Å². The fourth-order valence-corrected chi connectivity index (χ4v) is 3.80. The average molecular weight is 288 g/mol. The van der Waals surface area contributed by atoms with Crippen LogP contribution < -0.4 is 5.32 Å². The summed E-state index contributed by atoms with van der Waals surface area (Å²) in [5, 5.41) is 3.57. The second-order valence-electron chi connectivity index (χ2n) is 4.45. The molecule has 3 rings (SSSR count). The van der Waals surface area contributed by atoms with Crippen LogP contribution in [0.3, 0.4) is 0 Å². The van der Waals surface area contributed by atoms with E-state index in [9.17, 15) is 4.21 Å². The van der Waals surface area contributed by atoms with Crippen molar-refractivity contribution in [2.24, 2.45) is 0 Å². The first-order chi connectivity index (χ1) is 8.74. The normalized spacial score (nSPS) is 23.9. The smallest absolute Gasteiger partial charge is 0.224 e. The van der Waals surface area contributed by atoms with Gasteiger partial charge in [0.1, 0.15) is 10.7 Å². The Kier molecular flexibility index (Phi) is 3.50.